The average Bonchev–Trinajstić information content (AvgIpc) is 2.53. The predicted molar refractivity (Wildman–Crippen MR) is 55.9 cm³/mol. The van der Waals surface area contributed by atoms with Crippen molar-refractivity contribution in [1.29, 1.82) is 0 Å². The van der Waals surface area contributed by atoms with Crippen molar-refractivity contribution in [3.63, 3.8) is 0 Å². The molecule has 0 fully saturated rings. The third-order valence-corrected chi connectivity index (χ3v) is 3.20. The van der Waals surface area contributed by atoms with Crippen LogP contribution in [-0.4, -0.2) is 5.78 Å². The van der Waals surface area contributed by atoms with Crippen LogP contribution in [0.4, 0.5) is 0 Å². The highest BCUT2D eigenvalue weighted by Crippen LogP contribution is 2.35. The molecule has 0 spiro atoms. The quantitative estimate of drug-likeness (QED) is 0.708. The molecule has 0 N–H and O–H groups in total. The normalized spacial score (nSPS) is 21.0. The molecule has 1 aliphatic heterocycles. The van der Waals surface area contributed by atoms with E-state index in [0.717, 1.165) is 5.56 Å². The highest BCUT2D eigenvalue weighted by molar-refractivity contribution is 8.03. The number of allylic oxidation sites excluding steroid dienone is 1. The van der Waals surface area contributed by atoms with Gasteiger partial charge in [-0.15, -0.1) is 11.8 Å². The molecule has 1 atom stereocenters. The number of carbonyl (C=O) groups is 1. The molecule has 0 amide bonds. The highest BCUT2D eigenvalue weighted by atomic mass is 35.5. The van der Waals surface area contributed by atoms with E-state index in [4.69, 9.17) is 11.6 Å². The van der Waals surface area contributed by atoms with Crippen LogP contribution in [0.1, 0.15) is 10.8 Å². The average molecular weight is 211 g/mol. The summed E-state index contributed by atoms with van der Waals surface area (Å²) < 4.78 is 0. The van der Waals surface area contributed by atoms with E-state index in [1.165, 1.54) is 11.8 Å². The van der Waals surface area contributed by atoms with Gasteiger partial charge in [-0.2, -0.15) is 0 Å². The van der Waals surface area contributed by atoms with Crippen LogP contribution < -0.4 is 0 Å². The van der Waals surface area contributed by atoms with Gasteiger partial charge in [-0.1, -0.05) is 23.7 Å². The molecule has 3 heteroatoms. The van der Waals surface area contributed by atoms with E-state index in [1.807, 2.05) is 29.7 Å². The maximum absolute atomic E-state index is 11.3. The van der Waals surface area contributed by atoms with Crippen LogP contribution >= 0.6 is 23.4 Å². The summed E-state index contributed by atoms with van der Waals surface area (Å²) in [6, 6.07) is 7.40. The number of benzene rings is 1. The van der Waals surface area contributed by atoms with Gasteiger partial charge in [0, 0.05) is 5.02 Å². The number of thioether (sulfide) groups is 1. The maximum Gasteiger partial charge on any atom is 0.173 e. The topological polar surface area (TPSA) is 17.1 Å². The van der Waals surface area contributed by atoms with Gasteiger partial charge in [0.1, 0.15) is 0 Å². The molecule has 0 radical (unpaired) electrons. The van der Waals surface area contributed by atoms with E-state index in [9.17, 15) is 4.79 Å². The Balaban J connectivity index is 2.26. The number of rotatable bonds is 1. The van der Waals surface area contributed by atoms with Crippen molar-refractivity contribution in [2.24, 2.45) is 0 Å². The molecule has 1 nitrogen and oxygen atoms in total. The fourth-order valence-electron chi connectivity index (χ4n) is 1.22. The van der Waals surface area contributed by atoms with E-state index in [0.29, 0.717) is 5.02 Å². The summed E-state index contributed by atoms with van der Waals surface area (Å²) in [5.74, 6) is 0.160. The van der Waals surface area contributed by atoms with Crippen molar-refractivity contribution < 1.29 is 4.79 Å². The van der Waals surface area contributed by atoms with Crippen LogP contribution in [0.25, 0.3) is 0 Å². The van der Waals surface area contributed by atoms with Gasteiger partial charge in [-0.25, -0.2) is 0 Å². The first-order valence-corrected chi connectivity index (χ1v) is 5.21. The zero-order valence-electron chi connectivity index (χ0n) is 6.74. The fourth-order valence-corrected chi connectivity index (χ4v) is 2.24. The minimum absolute atomic E-state index is 0.0581. The molecule has 13 heavy (non-hydrogen) atoms. The Morgan fingerprint density at radius 2 is 1.92 bits per heavy atom. The van der Waals surface area contributed by atoms with Crippen LogP contribution in [0.2, 0.25) is 5.02 Å². The molecule has 0 saturated heterocycles. The van der Waals surface area contributed by atoms with Gasteiger partial charge in [0.2, 0.25) is 0 Å². The van der Waals surface area contributed by atoms with Gasteiger partial charge in [-0.05, 0) is 29.2 Å². The van der Waals surface area contributed by atoms with E-state index >= 15 is 0 Å². The van der Waals surface area contributed by atoms with Crippen molar-refractivity contribution in [1.82, 2.24) is 0 Å². The van der Waals surface area contributed by atoms with Crippen LogP contribution in [0.15, 0.2) is 35.7 Å². The molecule has 0 bridgehead atoms. The van der Waals surface area contributed by atoms with Crippen LogP contribution in [-0.2, 0) is 4.79 Å². The summed E-state index contributed by atoms with van der Waals surface area (Å²) in [5.41, 5.74) is 1.02. The van der Waals surface area contributed by atoms with Gasteiger partial charge >= 0.3 is 0 Å². The van der Waals surface area contributed by atoms with Gasteiger partial charge in [0.25, 0.3) is 0 Å². The Morgan fingerprint density at radius 3 is 2.46 bits per heavy atom. The fraction of sp³-hybridized carbons (Fsp3) is 0.100. The SMILES string of the molecule is O=C1C=CSC1c1ccc(Cl)cc1. The molecular formula is C10H7ClOS. The summed E-state index contributed by atoms with van der Waals surface area (Å²) in [5, 5.41) is 2.48. The number of halogens is 1. The Labute approximate surface area is 85.8 Å². The third-order valence-electron chi connectivity index (χ3n) is 1.88. The zero-order chi connectivity index (χ0) is 9.26. The molecule has 1 aromatic carbocycles. The van der Waals surface area contributed by atoms with Gasteiger partial charge in [-0.3, -0.25) is 4.79 Å². The van der Waals surface area contributed by atoms with Crippen LogP contribution in [0.3, 0.4) is 0 Å². The Bertz CT molecular complexity index is 356. The van der Waals surface area contributed by atoms with Gasteiger partial charge < -0.3 is 0 Å². The van der Waals surface area contributed by atoms with E-state index in [-0.39, 0.29) is 11.0 Å². The molecular weight excluding hydrogens is 204 g/mol. The smallest absolute Gasteiger partial charge is 0.173 e. The third kappa shape index (κ3) is 1.79. The summed E-state index contributed by atoms with van der Waals surface area (Å²) in [6.07, 6.45) is 1.62. The number of carbonyl (C=O) groups excluding carboxylic acids is 1. The molecule has 1 unspecified atom stereocenters. The standard InChI is InChI=1S/C10H7ClOS/c11-8-3-1-7(2-4-8)10-9(12)5-6-13-10/h1-6,10H. The number of hydrogen-bond acceptors (Lipinski definition) is 2. The first-order chi connectivity index (χ1) is 6.27. The summed E-state index contributed by atoms with van der Waals surface area (Å²) in [7, 11) is 0. The molecule has 1 aliphatic rings. The molecule has 1 aromatic rings. The Kier molecular flexibility index (Phi) is 2.42. The molecule has 66 valence electrons. The second-order valence-electron chi connectivity index (χ2n) is 2.77. The predicted octanol–water partition coefficient (Wildman–Crippen LogP) is 3.21. The molecule has 0 saturated carbocycles. The largest absolute Gasteiger partial charge is 0.293 e. The maximum atomic E-state index is 11.3. The number of ketones is 1. The van der Waals surface area contributed by atoms with E-state index < -0.39 is 0 Å². The Morgan fingerprint density at radius 1 is 1.23 bits per heavy atom. The second kappa shape index (κ2) is 3.56. The summed E-state index contributed by atoms with van der Waals surface area (Å²) in [6.45, 7) is 0. The molecule has 0 aromatic heterocycles. The second-order valence-corrected chi connectivity index (χ2v) is 4.22. The van der Waals surface area contributed by atoms with Crippen LogP contribution in [0.5, 0.6) is 0 Å². The lowest BCUT2D eigenvalue weighted by atomic mass is 10.1. The van der Waals surface area contributed by atoms with Crippen molar-refractivity contribution in [2.45, 2.75) is 5.25 Å². The highest BCUT2D eigenvalue weighted by Gasteiger charge is 2.21. The molecule has 0 aliphatic carbocycles. The van der Waals surface area contributed by atoms with Gasteiger partial charge in [0.15, 0.2) is 5.78 Å². The van der Waals surface area contributed by atoms with E-state index in [1.54, 1.807) is 6.08 Å². The first kappa shape index (κ1) is 8.85. The summed E-state index contributed by atoms with van der Waals surface area (Å²) >= 11 is 7.28. The minimum atomic E-state index is -0.0581. The summed E-state index contributed by atoms with van der Waals surface area (Å²) in [4.78, 5) is 11.3. The lowest BCUT2D eigenvalue weighted by Crippen LogP contribution is -2.00. The lowest BCUT2D eigenvalue weighted by molar-refractivity contribution is -0.114. The van der Waals surface area contributed by atoms with Crippen LogP contribution in [0, 0.1) is 0 Å². The first-order valence-electron chi connectivity index (χ1n) is 3.89. The lowest BCUT2D eigenvalue weighted by Gasteiger charge is -2.06. The van der Waals surface area contributed by atoms with Crippen molar-refractivity contribution in [2.75, 3.05) is 0 Å². The monoisotopic (exact) mass is 210 g/mol. The Hall–Kier alpha value is -0.730. The van der Waals surface area contributed by atoms with Gasteiger partial charge in [0.05, 0.1) is 5.25 Å². The molecule has 1 heterocycles. The van der Waals surface area contributed by atoms with Crippen molar-refractivity contribution in [3.05, 3.63) is 46.3 Å². The zero-order valence-corrected chi connectivity index (χ0v) is 8.31. The minimum Gasteiger partial charge on any atom is -0.293 e. The van der Waals surface area contributed by atoms with Crippen molar-refractivity contribution in [3.8, 4) is 0 Å². The molecule has 2 rings (SSSR count). The number of hydrogen-bond donors (Lipinski definition) is 0. The van der Waals surface area contributed by atoms with E-state index in [2.05, 4.69) is 0 Å². The van der Waals surface area contributed by atoms with Crippen molar-refractivity contribution >= 4 is 29.1 Å².